The van der Waals surface area contributed by atoms with Crippen LogP contribution >= 0.6 is 0 Å². The van der Waals surface area contributed by atoms with Crippen molar-refractivity contribution >= 4 is 21.6 Å². The Morgan fingerprint density at radius 3 is 1.46 bits per heavy atom. The fraction of sp³-hybridized carbons (Fsp3) is 0.714. The molecule has 0 aliphatic heterocycles. The summed E-state index contributed by atoms with van der Waals surface area (Å²) in [4.78, 5) is 4.54. The van der Waals surface area contributed by atoms with E-state index in [1.54, 1.807) is 5.19 Å². The summed E-state index contributed by atoms with van der Waals surface area (Å²) in [6, 6.07) is 4.65. The molecular weight excluding hydrogens is 352 g/mol. The number of hydrogen-bond donors (Lipinski definition) is 0. The van der Waals surface area contributed by atoms with Gasteiger partial charge in [-0.25, -0.2) is 0 Å². The minimum absolute atomic E-state index is 0.202. The maximum absolute atomic E-state index is 6.70. The van der Waals surface area contributed by atoms with E-state index < -0.39 is 16.4 Å². The topological polar surface area (TPSA) is 15.7 Å². The van der Waals surface area contributed by atoms with Gasteiger partial charge in [0.15, 0.2) is 0 Å². The molecule has 26 heavy (non-hydrogen) atoms. The number of rotatable bonds is 7. The molecule has 0 saturated carbocycles. The van der Waals surface area contributed by atoms with Crippen molar-refractivity contribution in [2.75, 3.05) is 28.2 Å². The van der Waals surface area contributed by atoms with Crippen molar-refractivity contribution in [1.82, 2.24) is 9.80 Å². The third-order valence-corrected chi connectivity index (χ3v) is 11.7. The van der Waals surface area contributed by atoms with Gasteiger partial charge in [-0.05, 0) is 69.6 Å². The quantitative estimate of drug-likeness (QED) is 0.621. The van der Waals surface area contributed by atoms with Gasteiger partial charge in [-0.1, -0.05) is 45.6 Å². The summed E-state index contributed by atoms with van der Waals surface area (Å²) in [5.74, 6) is 1.06. The zero-order chi connectivity index (χ0) is 20.5. The zero-order valence-electron chi connectivity index (χ0n) is 19.4. The van der Waals surface area contributed by atoms with Crippen molar-refractivity contribution in [1.29, 1.82) is 0 Å². The van der Waals surface area contributed by atoms with E-state index in [2.05, 4.69) is 104 Å². The van der Waals surface area contributed by atoms with E-state index in [1.807, 2.05) is 0 Å². The van der Waals surface area contributed by atoms with Crippen LogP contribution in [0.5, 0.6) is 5.75 Å². The smallest absolute Gasteiger partial charge is 0.250 e. The lowest BCUT2D eigenvalue weighted by Crippen LogP contribution is -2.46. The molecule has 0 unspecified atom stereocenters. The first-order valence-corrected chi connectivity index (χ1v) is 16.1. The van der Waals surface area contributed by atoms with Crippen molar-refractivity contribution in [3.63, 3.8) is 0 Å². The second-order valence-electron chi connectivity index (χ2n) is 10.7. The summed E-state index contributed by atoms with van der Waals surface area (Å²) in [6.45, 7) is 20.9. The maximum Gasteiger partial charge on any atom is 0.250 e. The van der Waals surface area contributed by atoms with Crippen molar-refractivity contribution in [3.8, 4) is 5.75 Å². The van der Waals surface area contributed by atoms with Gasteiger partial charge in [-0.2, -0.15) is 0 Å². The molecule has 1 aromatic rings. The lowest BCUT2D eigenvalue weighted by Gasteiger charge is -2.37. The molecule has 3 nitrogen and oxygen atoms in total. The Kier molecular flexibility index (Phi) is 7.36. The average Bonchev–Trinajstić information content (AvgIpc) is 2.32. The lowest BCUT2D eigenvalue weighted by atomic mass is 10.1. The van der Waals surface area contributed by atoms with Crippen LogP contribution in [-0.4, -0.2) is 54.4 Å². The van der Waals surface area contributed by atoms with Crippen molar-refractivity contribution < 1.29 is 4.43 Å². The fourth-order valence-electron chi connectivity index (χ4n) is 3.14. The van der Waals surface area contributed by atoms with Crippen LogP contribution in [0.1, 0.15) is 31.9 Å². The summed E-state index contributed by atoms with van der Waals surface area (Å²) in [5.41, 5.74) is 2.89. The van der Waals surface area contributed by atoms with Gasteiger partial charge in [0.2, 0.25) is 8.32 Å². The molecule has 0 heterocycles. The predicted molar refractivity (Wildman–Crippen MR) is 122 cm³/mol. The lowest BCUT2D eigenvalue weighted by molar-refractivity contribution is 0.395. The Morgan fingerprint density at radius 2 is 1.19 bits per heavy atom. The summed E-state index contributed by atoms with van der Waals surface area (Å²) in [5, 5.41) is 1.80. The van der Waals surface area contributed by atoms with Crippen LogP contribution in [-0.2, 0) is 13.1 Å². The van der Waals surface area contributed by atoms with E-state index in [4.69, 9.17) is 4.43 Å². The van der Waals surface area contributed by atoms with Crippen LogP contribution in [0.15, 0.2) is 12.1 Å². The second-order valence-corrected chi connectivity index (χ2v) is 20.4. The van der Waals surface area contributed by atoms with E-state index in [9.17, 15) is 0 Å². The highest BCUT2D eigenvalue weighted by atomic mass is 28.4. The Bertz CT molecular complexity index is 580. The van der Waals surface area contributed by atoms with Gasteiger partial charge in [-0.3, -0.25) is 0 Å². The van der Waals surface area contributed by atoms with Crippen LogP contribution in [0.25, 0.3) is 0 Å². The van der Waals surface area contributed by atoms with Gasteiger partial charge in [0.25, 0.3) is 0 Å². The maximum atomic E-state index is 6.70. The summed E-state index contributed by atoms with van der Waals surface area (Å²) in [6.07, 6.45) is 0. The Hall–Kier alpha value is -0.626. The highest BCUT2D eigenvalue weighted by Crippen LogP contribution is 2.38. The number of nitrogens with zero attached hydrogens (tertiary/aromatic N) is 2. The highest BCUT2D eigenvalue weighted by Gasteiger charge is 2.39. The first-order chi connectivity index (χ1) is 11.5. The first-order valence-electron chi connectivity index (χ1n) is 9.69. The molecule has 0 saturated heterocycles. The number of benzene rings is 1. The Morgan fingerprint density at radius 1 is 0.808 bits per heavy atom. The summed E-state index contributed by atoms with van der Waals surface area (Å²) >= 11 is 0. The molecule has 0 N–H and O–H groups in total. The molecule has 0 spiro atoms. The van der Waals surface area contributed by atoms with Gasteiger partial charge in [0, 0.05) is 13.1 Å². The van der Waals surface area contributed by atoms with Gasteiger partial charge >= 0.3 is 0 Å². The van der Waals surface area contributed by atoms with Crippen LogP contribution in [0, 0.1) is 0 Å². The summed E-state index contributed by atoms with van der Waals surface area (Å²) < 4.78 is 6.70. The normalized spacial score (nSPS) is 13.6. The monoisotopic (exact) mass is 394 g/mol. The SMILES string of the molecule is CN(C)Cc1cc(O[Si](C)(C)C(C)(C)C)cc(CN(C)C)c1[Si](C)(C)C. The third kappa shape index (κ3) is 6.22. The van der Waals surface area contributed by atoms with Gasteiger partial charge in [-0.15, -0.1) is 0 Å². The molecule has 1 aromatic carbocycles. The molecule has 0 aromatic heterocycles. The van der Waals surface area contributed by atoms with E-state index in [1.165, 1.54) is 11.1 Å². The molecule has 0 fully saturated rings. The van der Waals surface area contributed by atoms with E-state index in [0.29, 0.717) is 0 Å². The average molecular weight is 395 g/mol. The van der Waals surface area contributed by atoms with Gasteiger partial charge in [0.05, 0.1) is 8.07 Å². The molecular formula is C21H42N2OSi2. The predicted octanol–water partition coefficient (Wildman–Crippen LogP) is 4.74. The second kappa shape index (κ2) is 8.17. The van der Waals surface area contributed by atoms with Crippen molar-refractivity contribution in [2.24, 2.45) is 0 Å². The summed E-state index contributed by atoms with van der Waals surface area (Å²) in [7, 11) is 5.29. The largest absolute Gasteiger partial charge is 0.543 e. The molecule has 0 amide bonds. The molecule has 1 rings (SSSR count). The van der Waals surface area contributed by atoms with Gasteiger partial charge in [0.1, 0.15) is 5.75 Å². The first kappa shape index (κ1) is 23.4. The number of hydrogen-bond acceptors (Lipinski definition) is 3. The molecule has 5 heteroatoms. The van der Waals surface area contributed by atoms with Gasteiger partial charge < -0.3 is 14.2 Å². The van der Waals surface area contributed by atoms with Crippen molar-refractivity contribution in [3.05, 3.63) is 23.3 Å². The van der Waals surface area contributed by atoms with E-state index in [0.717, 1.165) is 18.8 Å². The van der Waals surface area contributed by atoms with Crippen LogP contribution < -0.4 is 9.61 Å². The van der Waals surface area contributed by atoms with Crippen LogP contribution in [0.3, 0.4) is 0 Å². The minimum atomic E-state index is -1.85. The zero-order valence-corrected chi connectivity index (χ0v) is 21.4. The molecule has 0 aliphatic carbocycles. The highest BCUT2D eigenvalue weighted by molar-refractivity contribution is 6.89. The third-order valence-electron chi connectivity index (χ3n) is 5.18. The molecule has 0 aliphatic rings. The van der Waals surface area contributed by atoms with Crippen LogP contribution in [0.4, 0.5) is 0 Å². The Labute approximate surface area is 164 Å². The van der Waals surface area contributed by atoms with E-state index in [-0.39, 0.29) is 5.04 Å². The molecule has 0 atom stereocenters. The molecule has 0 radical (unpaired) electrons. The standard InChI is InChI=1S/C21H42N2OSi2/c1-21(2,3)26(11,12)24-19-13-17(15-22(4)5)20(25(8,9)10)18(14-19)16-23(6)7/h13-14H,15-16H2,1-12H3. The van der Waals surface area contributed by atoms with Crippen LogP contribution in [0.2, 0.25) is 37.8 Å². The molecule has 150 valence electrons. The van der Waals surface area contributed by atoms with Crippen molar-refractivity contribution in [2.45, 2.75) is 71.6 Å². The fourth-order valence-corrected chi connectivity index (χ4v) is 6.38. The molecule has 0 bridgehead atoms. The van der Waals surface area contributed by atoms with E-state index >= 15 is 0 Å². The Balaban J connectivity index is 3.55. The minimum Gasteiger partial charge on any atom is -0.543 e.